The van der Waals surface area contributed by atoms with Crippen LogP contribution >= 0.6 is 0 Å². The second-order valence-corrected chi connectivity index (χ2v) is 26.7. The van der Waals surface area contributed by atoms with Crippen molar-refractivity contribution in [2.45, 2.75) is 113 Å². The molecule has 12 saturated carbocycles. The summed E-state index contributed by atoms with van der Waals surface area (Å²) in [4.78, 5) is 0. The Kier molecular flexibility index (Phi) is 5.45. The summed E-state index contributed by atoms with van der Waals surface area (Å²) in [6.07, 6.45) is 6.60. The van der Waals surface area contributed by atoms with E-state index in [0.29, 0.717) is 0 Å². The molecule has 0 N–H and O–H groups in total. The molecule has 2 aromatic carbocycles. The van der Waals surface area contributed by atoms with Gasteiger partial charge < -0.3 is 4.74 Å². The number of benzene rings is 2. The summed E-state index contributed by atoms with van der Waals surface area (Å²) in [6, 6.07) is 2.65. The van der Waals surface area contributed by atoms with Crippen LogP contribution in [0.3, 0.4) is 0 Å². The molecule has 2 heteroatoms. The van der Waals surface area contributed by atoms with E-state index >= 15 is 0 Å². The van der Waals surface area contributed by atoms with Gasteiger partial charge in [0.05, 0.1) is 6.61 Å². The summed E-state index contributed by atoms with van der Waals surface area (Å²) < 4.78 is 6.45. The predicted molar refractivity (Wildman–Crippen MR) is 202 cm³/mol. The van der Waals surface area contributed by atoms with Crippen LogP contribution in [0.4, 0.5) is 0 Å². The molecule has 0 amide bonds. The molecule has 12 fully saturated rings. The summed E-state index contributed by atoms with van der Waals surface area (Å²) in [6.45, 7) is 26.6. The lowest BCUT2D eigenvalue weighted by Gasteiger charge is -3.08. The fraction of sp³-hybridized carbons (Fsp3) is 0.745. The lowest BCUT2D eigenvalue weighted by molar-refractivity contribution is -0.616. The highest BCUT2D eigenvalue weighted by Gasteiger charge is 3.04. The normalized spacial score (nSPS) is 47.1. The molecule has 0 unspecified atom stereocenters. The molecule has 14 rings (SSSR count). The Labute approximate surface area is 298 Å². The van der Waals surface area contributed by atoms with Crippen molar-refractivity contribution in [3.63, 3.8) is 0 Å². The minimum atomic E-state index is -1.35. The van der Waals surface area contributed by atoms with Gasteiger partial charge in [0.1, 0.15) is 0 Å². The largest absolute Gasteiger partial charge is 0.381 e. The smallest absolute Gasteiger partial charge is 0.0506 e. The molecule has 260 valence electrons. The molecule has 0 saturated heterocycles. The van der Waals surface area contributed by atoms with Gasteiger partial charge in [-0.25, -0.2) is 0 Å². The van der Waals surface area contributed by atoms with Gasteiger partial charge in [0, 0.05) is 14.7 Å². The van der Waals surface area contributed by atoms with Gasteiger partial charge in [0.15, 0.2) is 0 Å². The zero-order valence-electron chi connectivity index (χ0n) is 32.4. The van der Waals surface area contributed by atoms with Gasteiger partial charge in [0.2, 0.25) is 0 Å². The lowest BCUT2D eigenvalue weighted by atomic mass is 8.96. The first-order chi connectivity index (χ1) is 23.4. The number of hydrogen-bond donors (Lipinski definition) is 0. The third-order valence-corrected chi connectivity index (χ3v) is 24.2. The van der Waals surface area contributed by atoms with Crippen molar-refractivity contribution in [1.82, 2.24) is 0 Å². The molecule has 0 aliphatic heterocycles. The Balaban J connectivity index is 0.649. The Bertz CT molecular complexity index is 1750. The number of hydrogen-bond acceptors (Lipinski definition) is 1. The summed E-state index contributed by atoms with van der Waals surface area (Å²) in [5.41, 5.74) is 21.2. The van der Waals surface area contributed by atoms with Crippen molar-refractivity contribution >= 4 is 8.07 Å². The molecule has 12 aliphatic carbocycles. The maximum Gasteiger partial charge on any atom is 0.0506 e. The van der Waals surface area contributed by atoms with Crippen LogP contribution in [0.1, 0.15) is 73.2 Å². The SMILES string of the molecule is Cc1c(C)c(CC[Si](C)(C)CCOCCc2c(C)c(C)c(CC34C5C6C7C5C3C7C64)c(C)c2C)c(C)c(C)c1CCC12C3C4C5C3C1C5C42. The highest BCUT2D eigenvalue weighted by atomic mass is 28.3. The van der Waals surface area contributed by atoms with Crippen LogP contribution in [0.2, 0.25) is 25.2 Å². The van der Waals surface area contributed by atoms with Crippen LogP contribution in [-0.4, -0.2) is 21.3 Å². The minimum Gasteiger partial charge on any atom is -0.381 e. The topological polar surface area (TPSA) is 9.23 Å². The van der Waals surface area contributed by atoms with Crippen LogP contribution < -0.4 is 0 Å². The minimum absolute atomic E-state index is 0.776. The molecular formula is C47H62OSi. The van der Waals surface area contributed by atoms with Crippen molar-refractivity contribution in [3.8, 4) is 0 Å². The third kappa shape index (κ3) is 2.84. The van der Waals surface area contributed by atoms with E-state index in [1.807, 2.05) is 0 Å². The van der Waals surface area contributed by atoms with E-state index in [1.54, 1.807) is 66.8 Å². The summed E-state index contributed by atoms with van der Waals surface area (Å²) >= 11 is 0. The van der Waals surface area contributed by atoms with E-state index in [-0.39, 0.29) is 0 Å². The molecule has 0 radical (unpaired) electrons. The Morgan fingerprint density at radius 3 is 1.29 bits per heavy atom. The quantitative estimate of drug-likeness (QED) is 0.144. The average Bonchev–Trinajstić information content (AvgIpc) is 3.09. The molecule has 0 aromatic heterocycles. The first-order valence-electron chi connectivity index (χ1n) is 21.1. The molecule has 0 bridgehead atoms. The van der Waals surface area contributed by atoms with Crippen molar-refractivity contribution in [3.05, 3.63) is 66.8 Å². The fourth-order valence-corrected chi connectivity index (χ4v) is 20.3. The first-order valence-corrected chi connectivity index (χ1v) is 24.6. The Morgan fingerprint density at radius 2 is 0.816 bits per heavy atom. The van der Waals surface area contributed by atoms with Gasteiger partial charge >= 0.3 is 0 Å². The number of ether oxygens (including phenoxy) is 1. The van der Waals surface area contributed by atoms with Crippen molar-refractivity contribution in [2.75, 3.05) is 13.2 Å². The second kappa shape index (κ2) is 8.86. The van der Waals surface area contributed by atoms with Crippen LogP contribution in [-0.2, 0) is 30.4 Å². The van der Waals surface area contributed by atoms with Crippen LogP contribution in [0, 0.1) is 149 Å². The zero-order valence-corrected chi connectivity index (χ0v) is 33.4. The van der Waals surface area contributed by atoms with E-state index in [0.717, 1.165) is 48.2 Å². The molecule has 1 nitrogen and oxygen atoms in total. The van der Waals surface area contributed by atoms with Gasteiger partial charge in [-0.2, -0.15) is 0 Å². The molecule has 0 heterocycles. The lowest BCUT2D eigenvalue weighted by Crippen LogP contribution is -3.05. The van der Waals surface area contributed by atoms with Gasteiger partial charge in [-0.05, 0) is 254 Å². The third-order valence-electron chi connectivity index (χ3n) is 21.0. The standard InChI is InChI=1S/C47H62OSi/c1-20-22(3)30(23(4)21(2)28(20)11-14-46-40-34-32-35(40)42(46)36(32)41(34)46)13-17-49(9,10)18-16-48-15-12-29-24(5)26(7)31(27(8)25(29)6)19-47-43-37-33-38(43)45(47)39(33)44(37)47/h32-45H,11-19H2,1-10H3. The van der Waals surface area contributed by atoms with E-state index in [1.165, 1.54) is 103 Å². The molecule has 0 atom stereocenters. The van der Waals surface area contributed by atoms with Gasteiger partial charge in [0.25, 0.3) is 0 Å². The van der Waals surface area contributed by atoms with Crippen molar-refractivity contribution in [1.29, 1.82) is 0 Å². The molecule has 12 aliphatic rings. The van der Waals surface area contributed by atoms with Crippen molar-refractivity contribution in [2.24, 2.45) is 93.7 Å². The van der Waals surface area contributed by atoms with E-state index < -0.39 is 8.07 Å². The van der Waals surface area contributed by atoms with E-state index in [4.69, 9.17) is 4.74 Å². The van der Waals surface area contributed by atoms with Crippen molar-refractivity contribution < 1.29 is 4.74 Å². The van der Waals surface area contributed by atoms with E-state index in [9.17, 15) is 0 Å². The second-order valence-electron chi connectivity index (χ2n) is 21.4. The predicted octanol–water partition coefficient (Wildman–Crippen LogP) is 9.87. The highest BCUT2D eigenvalue weighted by molar-refractivity contribution is 6.77. The molecule has 0 spiro atoms. The average molecular weight is 671 g/mol. The molecule has 2 aromatic rings. The first kappa shape index (κ1) is 30.1. The Morgan fingerprint density at radius 1 is 0.429 bits per heavy atom. The fourth-order valence-electron chi connectivity index (χ4n) is 18.4. The molecular weight excluding hydrogens is 609 g/mol. The summed E-state index contributed by atoms with van der Waals surface area (Å²) in [5.74, 6) is 16.7. The van der Waals surface area contributed by atoms with E-state index in [2.05, 4.69) is 68.5 Å². The summed E-state index contributed by atoms with van der Waals surface area (Å²) in [7, 11) is -1.35. The molecule has 49 heavy (non-hydrogen) atoms. The highest BCUT2D eigenvalue weighted by Crippen LogP contribution is 3.07. The monoisotopic (exact) mass is 670 g/mol. The van der Waals surface area contributed by atoms with Crippen LogP contribution in [0.5, 0.6) is 0 Å². The van der Waals surface area contributed by atoms with Crippen LogP contribution in [0.15, 0.2) is 0 Å². The van der Waals surface area contributed by atoms with Gasteiger partial charge in [-0.3, -0.25) is 0 Å². The van der Waals surface area contributed by atoms with Gasteiger partial charge in [-0.1, -0.05) is 19.1 Å². The van der Waals surface area contributed by atoms with Crippen LogP contribution in [0.25, 0.3) is 0 Å². The maximum atomic E-state index is 6.45. The summed E-state index contributed by atoms with van der Waals surface area (Å²) in [5, 5.41) is 0. The maximum absolute atomic E-state index is 6.45. The zero-order chi connectivity index (χ0) is 33.6. The Hall–Kier alpha value is -1.38. The van der Waals surface area contributed by atoms with Gasteiger partial charge in [-0.15, -0.1) is 0 Å². The number of rotatable bonds is 14.